The Hall–Kier alpha value is -0.910. The number of aromatic nitrogens is 2. The zero-order chi connectivity index (χ0) is 13.9. The van der Waals surface area contributed by atoms with Gasteiger partial charge in [-0.3, -0.25) is 0 Å². The van der Waals surface area contributed by atoms with Crippen molar-refractivity contribution in [1.29, 1.82) is 0 Å². The third-order valence-electron chi connectivity index (χ3n) is 3.16. The van der Waals surface area contributed by atoms with Gasteiger partial charge in [0.05, 0.1) is 0 Å². The number of halogens is 1. The molecule has 5 heteroatoms. The molecule has 0 atom stereocenters. The minimum Gasteiger partial charge on any atom is -0.310 e. The number of hydrogen-bond acceptors (Lipinski definition) is 4. The fourth-order valence-corrected chi connectivity index (χ4v) is 3.35. The first-order valence-corrected chi connectivity index (χ1v) is 8.31. The van der Waals surface area contributed by atoms with E-state index < -0.39 is 0 Å². The van der Waals surface area contributed by atoms with Gasteiger partial charge in [0.25, 0.3) is 0 Å². The third kappa shape index (κ3) is 3.81. The SMILES string of the molecule is Cc1ccnc(Sc2cc(Br)ccc2CNC2CC2)n1. The van der Waals surface area contributed by atoms with E-state index in [1.54, 1.807) is 11.8 Å². The van der Waals surface area contributed by atoms with Crippen LogP contribution in [-0.2, 0) is 6.54 Å². The van der Waals surface area contributed by atoms with Gasteiger partial charge in [0.1, 0.15) is 0 Å². The van der Waals surface area contributed by atoms with Crippen LogP contribution in [0, 0.1) is 6.92 Å². The minimum absolute atomic E-state index is 0.715. The first-order chi connectivity index (χ1) is 9.70. The Morgan fingerprint density at radius 3 is 2.95 bits per heavy atom. The van der Waals surface area contributed by atoms with Gasteiger partial charge in [0.2, 0.25) is 0 Å². The largest absolute Gasteiger partial charge is 0.310 e. The van der Waals surface area contributed by atoms with Gasteiger partial charge in [-0.15, -0.1) is 0 Å². The highest BCUT2D eigenvalue weighted by atomic mass is 79.9. The van der Waals surface area contributed by atoms with Crippen LogP contribution < -0.4 is 5.32 Å². The zero-order valence-electron chi connectivity index (χ0n) is 11.3. The number of aryl methyl sites for hydroxylation is 1. The Morgan fingerprint density at radius 2 is 2.20 bits per heavy atom. The van der Waals surface area contributed by atoms with Gasteiger partial charge in [-0.25, -0.2) is 9.97 Å². The molecule has 20 heavy (non-hydrogen) atoms. The standard InChI is InChI=1S/C15H16BrN3S/c1-10-6-7-17-15(19-10)20-14-8-12(16)3-2-11(14)9-18-13-4-5-13/h2-3,6-8,13,18H,4-5,9H2,1H3. The molecular formula is C15H16BrN3S. The first-order valence-electron chi connectivity index (χ1n) is 6.70. The summed E-state index contributed by atoms with van der Waals surface area (Å²) in [6.45, 7) is 2.90. The minimum atomic E-state index is 0.715. The van der Waals surface area contributed by atoms with Crippen LogP contribution in [0.1, 0.15) is 24.1 Å². The van der Waals surface area contributed by atoms with Crippen LogP contribution in [0.4, 0.5) is 0 Å². The van der Waals surface area contributed by atoms with Gasteiger partial charge in [0.15, 0.2) is 5.16 Å². The molecule has 1 aromatic carbocycles. The van der Waals surface area contributed by atoms with Gasteiger partial charge >= 0.3 is 0 Å². The average molecular weight is 350 g/mol. The molecule has 0 spiro atoms. The Morgan fingerprint density at radius 1 is 1.35 bits per heavy atom. The fraction of sp³-hybridized carbons (Fsp3) is 0.333. The summed E-state index contributed by atoms with van der Waals surface area (Å²) in [5.74, 6) is 0. The zero-order valence-corrected chi connectivity index (χ0v) is 13.7. The van der Waals surface area contributed by atoms with Crippen molar-refractivity contribution >= 4 is 27.7 Å². The number of nitrogens with zero attached hydrogens (tertiary/aromatic N) is 2. The molecule has 0 radical (unpaired) electrons. The lowest BCUT2D eigenvalue weighted by Gasteiger charge is -2.10. The molecule has 0 unspecified atom stereocenters. The highest BCUT2D eigenvalue weighted by Crippen LogP contribution is 2.31. The molecule has 1 aliphatic rings. The van der Waals surface area contributed by atoms with Crippen molar-refractivity contribution in [1.82, 2.24) is 15.3 Å². The highest BCUT2D eigenvalue weighted by Gasteiger charge is 2.20. The van der Waals surface area contributed by atoms with E-state index in [4.69, 9.17) is 0 Å². The predicted molar refractivity (Wildman–Crippen MR) is 84.9 cm³/mol. The Labute approximate surface area is 131 Å². The van der Waals surface area contributed by atoms with E-state index in [0.717, 1.165) is 21.9 Å². The Balaban J connectivity index is 1.80. The molecule has 0 saturated heterocycles. The number of nitrogens with one attached hydrogen (secondary N) is 1. The molecule has 0 amide bonds. The molecular weight excluding hydrogens is 334 g/mol. The van der Waals surface area contributed by atoms with Crippen molar-refractivity contribution in [3.05, 3.63) is 46.2 Å². The quantitative estimate of drug-likeness (QED) is 0.829. The molecule has 0 aliphatic heterocycles. The molecule has 104 valence electrons. The normalized spacial score (nSPS) is 14.5. The van der Waals surface area contributed by atoms with Crippen molar-refractivity contribution in [3.63, 3.8) is 0 Å². The molecule has 1 aliphatic carbocycles. The maximum Gasteiger partial charge on any atom is 0.192 e. The van der Waals surface area contributed by atoms with E-state index >= 15 is 0 Å². The van der Waals surface area contributed by atoms with Crippen molar-refractivity contribution < 1.29 is 0 Å². The van der Waals surface area contributed by atoms with E-state index in [0.29, 0.717) is 6.04 Å². The third-order valence-corrected chi connectivity index (χ3v) is 4.63. The number of benzene rings is 1. The second-order valence-corrected chi connectivity index (χ2v) is 6.91. The van der Waals surface area contributed by atoms with Gasteiger partial charge in [-0.05, 0) is 55.3 Å². The molecule has 1 saturated carbocycles. The summed E-state index contributed by atoms with van der Waals surface area (Å²) in [6.07, 6.45) is 4.42. The fourth-order valence-electron chi connectivity index (χ4n) is 1.88. The van der Waals surface area contributed by atoms with Crippen molar-refractivity contribution in [2.24, 2.45) is 0 Å². The molecule has 1 heterocycles. The maximum absolute atomic E-state index is 4.46. The molecule has 2 aromatic rings. The lowest BCUT2D eigenvalue weighted by molar-refractivity contribution is 0.680. The monoisotopic (exact) mass is 349 g/mol. The van der Waals surface area contributed by atoms with Crippen LogP contribution in [0.3, 0.4) is 0 Å². The summed E-state index contributed by atoms with van der Waals surface area (Å²) >= 11 is 5.16. The van der Waals surface area contributed by atoms with Crippen molar-refractivity contribution in [2.45, 2.75) is 42.4 Å². The van der Waals surface area contributed by atoms with Gasteiger partial charge in [-0.2, -0.15) is 0 Å². The molecule has 3 rings (SSSR count). The number of hydrogen-bond donors (Lipinski definition) is 1. The van der Waals surface area contributed by atoms with E-state index in [1.807, 2.05) is 19.2 Å². The average Bonchev–Trinajstić information content (AvgIpc) is 3.22. The van der Waals surface area contributed by atoms with Crippen LogP contribution in [0.2, 0.25) is 0 Å². The summed E-state index contributed by atoms with van der Waals surface area (Å²) in [5.41, 5.74) is 2.30. The molecule has 3 nitrogen and oxygen atoms in total. The summed E-state index contributed by atoms with van der Waals surface area (Å²) in [4.78, 5) is 10.00. The smallest absolute Gasteiger partial charge is 0.192 e. The second-order valence-electron chi connectivity index (χ2n) is 4.99. The lowest BCUT2D eigenvalue weighted by Crippen LogP contribution is -2.15. The van der Waals surface area contributed by atoms with Crippen LogP contribution in [0.25, 0.3) is 0 Å². The summed E-state index contributed by atoms with van der Waals surface area (Å²) in [7, 11) is 0. The van der Waals surface area contributed by atoms with Crippen LogP contribution >= 0.6 is 27.7 Å². The van der Waals surface area contributed by atoms with Crippen molar-refractivity contribution in [2.75, 3.05) is 0 Å². The van der Waals surface area contributed by atoms with Gasteiger partial charge in [0, 0.05) is 33.8 Å². The highest BCUT2D eigenvalue weighted by molar-refractivity contribution is 9.10. The Bertz CT molecular complexity index is 614. The van der Waals surface area contributed by atoms with Crippen molar-refractivity contribution in [3.8, 4) is 0 Å². The van der Waals surface area contributed by atoms with E-state index in [9.17, 15) is 0 Å². The van der Waals surface area contributed by atoms with E-state index in [-0.39, 0.29) is 0 Å². The number of rotatable bonds is 5. The molecule has 1 fully saturated rings. The van der Waals surface area contributed by atoms with E-state index in [2.05, 4.69) is 49.4 Å². The van der Waals surface area contributed by atoms with Crippen LogP contribution in [-0.4, -0.2) is 16.0 Å². The Kier molecular flexibility index (Phi) is 4.38. The summed E-state index contributed by atoms with van der Waals surface area (Å²) in [5, 5.41) is 4.36. The van der Waals surface area contributed by atoms with Crippen LogP contribution in [0.15, 0.2) is 45.0 Å². The second kappa shape index (κ2) is 6.24. The lowest BCUT2D eigenvalue weighted by atomic mass is 10.2. The predicted octanol–water partition coefficient (Wildman–Crippen LogP) is 3.95. The maximum atomic E-state index is 4.46. The molecule has 1 aromatic heterocycles. The molecule has 1 N–H and O–H groups in total. The van der Waals surface area contributed by atoms with Gasteiger partial charge < -0.3 is 5.32 Å². The van der Waals surface area contributed by atoms with Crippen LogP contribution in [0.5, 0.6) is 0 Å². The summed E-state index contributed by atoms with van der Waals surface area (Å²) in [6, 6.07) is 9.02. The topological polar surface area (TPSA) is 37.8 Å². The first kappa shape index (κ1) is 14.0. The molecule has 0 bridgehead atoms. The van der Waals surface area contributed by atoms with Gasteiger partial charge in [-0.1, -0.05) is 22.0 Å². The summed E-state index contributed by atoms with van der Waals surface area (Å²) < 4.78 is 1.09. The van der Waals surface area contributed by atoms with E-state index in [1.165, 1.54) is 23.3 Å².